The van der Waals surface area contributed by atoms with Gasteiger partial charge in [-0.25, -0.2) is 8.42 Å². The highest BCUT2D eigenvalue weighted by molar-refractivity contribution is 7.93. The number of hydrogen-bond acceptors (Lipinski definition) is 4. The summed E-state index contributed by atoms with van der Waals surface area (Å²) < 4.78 is 30.5. The molecule has 2 rings (SSSR count). The molecule has 0 unspecified atom stereocenters. The van der Waals surface area contributed by atoms with Crippen molar-refractivity contribution in [1.82, 2.24) is 0 Å². The van der Waals surface area contributed by atoms with Crippen LogP contribution in [0.5, 0.6) is 5.75 Å². The molecule has 1 aromatic heterocycles. The minimum Gasteiger partial charge on any atom is -0.497 e. The summed E-state index contributed by atoms with van der Waals surface area (Å²) in [6.45, 7) is 0.298. The van der Waals surface area contributed by atoms with Crippen molar-refractivity contribution in [3.8, 4) is 5.75 Å². The Hall–Kier alpha value is -1.37. The average molecular weight is 298 g/mol. The van der Waals surface area contributed by atoms with E-state index in [1.807, 2.05) is 0 Å². The van der Waals surface area contributed by atoms with Gasteiger partial charge in [-0.2, -0.15) is 0 Å². The molecule has 1 atom stereocenters. The van der Waals surface area contributed by atoms with E-state index in [0.29, 0.717) is 16.5 Å². The average Bonchev–Trinajstić information content (AvgIpc) is 2.95. The molecule has 3 N–H and O–H groups in total. The van der Waals surface area contributed by atoms with Crippen LogP contribution in [0.1, 0.15) is 10.8 Å². The number of methoxy groups -OCH3 is 1. The molecular weight excluding hydrogens is 282 g/mol. The van der Waals surface area contributed by atoms with Gasteiger partial charge in [0.15, 0.2) is 9.84 Å². The zero-order chi connectivity index (χ0) is 13.9. The van der Waals surface area contributed by atoms with Crippen LogP contribution >= 0.6 is 11.3 Å². The van der Waals surface area contributed by atoms with Crippen LogP contribution in [0.3, 0.4) is 0 Å². The summed E-state index contributed by atoms with van der Waals surface area (Å²) in [7, 11) is -1.79. The predicted molar refractivity (Wildman–Crippen MR) is 75.0 cm³/mol. The Kier molecular flexibility index (Phi) is 4.24. The van der Waals surface area contributed by atoms with Crippen molar-refractivity contribution < 1.29 is 18.9 Å². The van der Waals surface area contributed by atoms with Gasteiger partial charge in [0.25, 0.3) is 0 Å². The van der Waals surface area contributed by atoms with E-state index in [1.54, 1.807) is 48.9 Å². The third-order valence-electron chi connectivity index (χ3n) is 2.90. The number of rotatable bonds is 5. The van der Waals surface area contributed by atoms with Crippen molar-refractivity contribution >= 4 is 21.2 Å². The Morgan fingerprint density at radius 2 is 1.95 bits per heavy atom. The molecule has 0 saturated heterocycles. The lowest BCUT2D eigenvalue weighted by Gasteiger charge is -2.13. The zero-order valence-electron chi connectivity index (χ0n) is 10.6. The summed E-state index contributed by atoms with van der Waals surface area (Å²) in [4.78, 5) is 0. The minimum atomic E-state index is -3.37. The van der Waals surface area contributed by atoms with Gasteiger partial charge in [0.2, 0.25) is 0 Å². The summed E-state index contributed by atoms with van der Waals surface area (Å²) >= 11 is 1.24. The van der Waals surface area contributed by atoms with Crippen LogP contribution in [0.2, 0.25) is 0 Å². The van der Waals surface area contributed by atoms with Crippen molar-refractivity contribution in [3.63, 3.8) is 0 Å². The summed E-state index contributed by atoms with van der Waals surface area (Å²) in [6.07, 6.45) is 0. The molecule has 0 aliphatic rings. The normalized spacial score (nSPS) is 13.2. The topological polar surface area (TPSA) is 71.0 Å². The first-order valence-corrected chi connectivity index (χ1v) is 8.22. The van der Waals surface area contributed by atoms with Crippen LogP contribution in [-0.4, -0.2) is 22.1 Å². The largest absolute Gasteiger partial charge is 0.497 e. The van der Waals surface area contributed by atoms with Crippen molar-refractivity contribution in [2.75, 3.05) is 13.7 Å². The van der Waals surface area contributed by atoms with Gasteiger partial charge in [0.1, 0.15) is 15.2 Å². The van der Waals surface area contributed by atoms with Gasteiger partial charge in [-0.15, -0.1) is 11.3 Å². The molecule has 2 aromatic rings. The number of hydrogen-bond donors (Lipinski definition) is 1. The molecule has 102 valence electrons. The van der Waals surface area contributed by atoms with Crippen LogP contribution < -0.4 is 10.5 Å². The van der Waals surface area contributed by atoms with Crippen molar-refractivity contribution in [2.24, 2.45) is 0 Å². The van der Waals surface area contributed by atoms with E-state index in [9.17, 15) is 8.42 Å². The van der Waals surface area contributed by atoms with E-state index < -0.39 is 15.1 Å². The molecule has 4 nitrogen and oxygen atoms in total. The van der Waals surface area contributed by atoms with Gasteiger partial charge < -0.3 is 10.5 Å². The minimum absolute atomic E-state index is 0.298. The van der Waals surface area contributed by atoms with E-state index in [2.05, 4.69) is 5.73 Å². The fourth-order valence-electron chi connectivity index (χ4n) is 1.89. The molecule has 0 amide bonds. The van der Waals surface area contributed by atoms with Crippen molar-refractivity contribution in [1.29, 1.82) is 0 Å². The van der Waals surface area contributed by atoms with Crippen LogP contribution in [0.4, 0.5) is 0 Å². The second-order valence-electron chi connectivity index (χ2n) is 4.03. The summed E-state index contributed by atoms with van der Waals surface area (Å²) in [6, 6.07) is 10.5. The van der Waals surface area contributed by atoms with E-state index in [0.717, 1.165) is 5.56 Å². The Balaban J connectivity index is 2.39. The van der Waals surface area contributed by atoms with E-state index in [4.69, 9.17) is 4.74 Å². The maximum absolute atomic E-state index is 12.5. The lowest BCUT2D eigenvalue weighted by Crippen LogP contribution is -2.54. The van der Waals surface area contributed by atoms with Crippen molar-refractivity contribution in [3.05, 3.63) is 47.3 Å². The van der Waals surface area contributed by atoms with E-state index in [1.165, 1.54) is 11.3 Å². The number of sulfone groups is 1. The number of thiophene rings is 1. The molecule has 0 bridgehead atoms. The Bertz CT molecular complexity index is 618. The quantitative estimate of drug-likeness (QED) is 0.909. The molecular formula is C13H16NO3S2+. The third-order valence-corrected chi connectivity index (χ3v) is 6.50. The number of benzene rings is 1. The van der Waals surface area contributed by atoms with Gasteiger partial charge in [0.05, 0.1) is 13.7 Å². The molecule has 1 heterocycles. The molecule has 6 heteroatoms. The molecule has 0 aliphatic heterocycles. The van der Waals surface area contributed by atoms with Crippen molar-refractivity contribution in [2.45, 2.75) is 9.46 Å². The van der Waals surface area contributed by atoms with Gasteiger partial charge >= 0.3 is 0 Å². The highest BCUT2D eigenvalue weighted by atomic mass is 32.2. The zero-order valence-corrected chi connectivity index (χ0v) is 12.2. The Morgan fingerprint density at radius 1 is 1.26 bits per heavy atom. The fraction of sp³-hybridized carbons (Fsp3) is 0.231. The second kappa shape index (κ2) is 5.73. The van der Waals surface area contributed by atoms with Crippen LogP contribution in [0.25, 0.3) is 0 Å². The van der Waals surface area contributed by atoms with Gasteiger partial charge in [0, 0.05) is 0 Å². The summed E-state index contributed by atoms with van der Waals surface area (Å²) in [5.74, 6) is 0.708. The summed E-state index contributed by atoms with van der Waals surface area (Å²) in [5.41, 5.74) is 4.52. The van der Waals surface area contributed by atoms with Crippen LogP contribution in [0.15, 0.2) is 46.0 Å². The monoisotopic (exact) mass is 298 g/mol. The lowest BCUT2D eigenvalue weighted by atomic mass is 10.1. The molecule has 0 saturated carbocycles. The van der Waals surface area contributed by atoms with Gasteiger partial charge in [-0.3, -0.25) is 0 Å². The third kappa shape index (κ3) is 2.80. The molecule has 0 fully saturated rings. The fourth-order valence-corrected chi connectivity index (χ4v) is 4.76. The Labute approximate surface area is 116 Å². The highest BCUT2D eigenvalue weighted by Gasteiger charge is 2.30. The molecule has 0 radical (unpaired) electrons. The first-order valence-electron chi connectivity index (χ1n) is 5.80. The maximum atomic E-state index is 12.5. The molecule has 0 spiro atoms. The van der Waals surface area contributed by atoms with E-state index in [-0.39, 0.29) is 0 Å². The predicted octanol–water partition coefficient (Wildman–Crippen LogP) is 1.51. The molecule has 19 heavy (non-hydrogen) atoms. The summed E-state index contributed by atoms with van der Waals surface area (Å²) in [5, 5.41) is 1.15. The smallest absolute Gasteiger partial charge is 0.200 e. The molecule has 0 aliphatic carbocycles. The first kappa shape index (κ1) is 14.0. The number of quaternary nitrogens is 1. The van der Waals surface area contributed by atoms with Gasteiger partial charge in [-0.1, -0.05) is 18.2 Å². The Morgan fingerprint density at radius 3 is 2.42 bits per heavy atom. The number of ether oxygens (including phenoxy) is 1. The van der Waals surface area contributed by atoms with Crippen LogP contribution in [0, 0.1) is 0 Å². The first-order chi connectivity index (χ1) is 9.09. The molecule has 1 aromatic carbocycles. The highest BCUT2D eigenvalue weighted by Crippen LogP contribution is 2.31. The van der Waals surface area contributed by atoms with E-state index >= 15 is 0 Å². The standard InChI is InChI=1S/C13H15NO3S2/c1-17-11-6-4-10(5-7-11)12(9-14)19(15,16)13-3-2-8-18-13/h2-8,12H,9,14H2,1H3/p+1/t12-/m1/s1. The van der Waals surface area contributed by atoms with Gasteiger partial charge in [-0.05, 0) is 29.1 Å². The van der Waals surface area contributed by atoms with Crippen LogP contribution in [-0.2, 0) is 9.84 Å². The lowest BCUT2D eigenvalue weighted by molar-refractivity contribution is -0.367. The second-order valence-corrected chi connectivity index (χ2v) is 7.33. The maximum Gasteiger partial charge on any atom is 0.200 e. The SMILES string of the molecule is COc1ccc([C@@H](C[NH3+])S(=O)(=O)c2cccs2)cc1.